The molecule has 0 bridgehead atoms. The maximum absolute atomic E-state index is 12.6. The monoisotopic (exact) mass is 373 g/mol. The van der Waals surface area contributed by atoms with Gasteiger partial charge in [-0.1, -0.05) is 30.3 Å². The van der Waals surface area contributed by atoms with E-state index in [-0.39, 0.29) is 22.4 Å². The van der Waals surface area contributed by atoms with E-state index in [0.717, 1.165) is 23.9 Å². The molecular weight excluding hydrogens is 354 g/mol. The van der Waals surface area contributed by atoms with Crippen LogP contribution in [0.25, 0.3) is 0 Å². The summed E-state index contributed by atoms with van der Waals surface area (Å²) in [5, 5.41) is 0. The molecule has 2 aromatic rings. The molecule has 26 heavy (non-hydrogen) atoms. The van der Waals surface area contributed by atoms with E-state index in [0.29, 0.717) is 0 Å². The van der Waals surface area contributed by atoms with Gasteiger partial charge < -0.3 is 9.64 Å². The standard InChI is InChI=1S/C19H19NO5S/c1-13-11-14-7-3-5-9-16(14)20(13)18(21)12-25-19(22)15-8-4-6-10-17(15)26(2,23)24/h3-10,13H,11-12H2,1-2H3/t13-/m1/s1. The molecule has 1 heterocycles. The summed E-state index contributed by atoms with van der Waals surface area (Å²) < 4.78 is 28.7. The van der Waals surface area contributed by atoms with E-state index in [9.17, 15) is 18.0 Å². The van der Waals surface area contributed by atoms with Crippen molar-refractivity contribution in [3.05, 3.63) is 59.7 Å². The Morgan fingerprint density at radius 1 is 1.12 bits per heavy atom. The van der Waals surface area contributed by atoms with E-state index in [4.69, 9.17) is 4.74 Å². The van der Waals surface area contributed by atoms with Gasteiger partial charge in [0.15, 0.2) is 16.4 Å². The number of sulfone groups is 1. The molecule has 7 heteroatoms. The Hall–Kier alpha value is -2.67. The van der Waals surface area contributed by atoms with Crippen LogP contribution in [0.1, 0.15) is 22.8 Å². The molecule has 6 nitrogen and oxygen atoms in total. The third-order valence-corrected chi connectivity index (χ3v) is 5.46. The van der Waals surface area contributed by atoms with Gasteiger partial charge in [0, 0.05) is 18.0 Å². The summed E-state index contributed by atoms with van der Waals surface area (Å²) in [6.07, 6.45) is 1.76. The number of carbonyl (C=O) groups excluding carboxylic acids is 2. The van der Waals surface area contributed by atoms with Crippen LogP contribution >= 0.6 is 0 Å². The van der Waals surface area contributed by atoms with Crippen LogP contribution in [0.2, 0.25) is 0 Å². The number of fused-ring (bicyclic) bond motifs is 1. The fraction of sp³-hybridized carbons (Fsp3) is 0.263. The summed E-state index contributed by atoms with van der Waals surface area (Å²) in [7, 11) is -3.58. The zero-order chi connectivity index (χ0) is 18.9. The van der Waals surface area contributed by atoms with E-state index in [1.807, 2.05) is 31.2 Å². The molecule has 136 valence electrons. The van der Waals surface area contributed by atoms with Crippen LogP contribution in [0.5, 0.6) is 0 Å². The number of hydrogen-bond acceptors (Lipinski definition) is 5. The lowest BCUT2D eigenvalue weighted by atomic mass is 10.1. The fourth-order valence-corrected chi connectivity index (χ4v) is 4.06. The molecular formula is C19H19NO5S. The average molecular weight is 373 g/mol. The number of rotatable bonds is 4. The van der Waals surface area contributed by atoms with E-state index in [1.165, 1.54) is 18.2 Å². The molecule has 0 N–H and O–H groups in total. The predicted molar refractivity (Wildman–Crippen MR) is 96.9 cm³/mol. The first-order valence-electron chi connectivity index (χ1n) is 8.15. The first-order chi connectivity index (χ1) is 12.3. The highest BCUT2D eigenvalue weighted by atomic mass is 32.2. The number of benzene rings is 2. The van der Waals surface area contributed by atoms with Gasteiger partial charge in [-0.2, -0.15) is 0 Å². The molecule has 0 saturated carbocycles. The van der Waals surface area contributed by atoms with E-state index >= 15 is 0 Å². The maximum atomic E-state index is 12.6. The van der Waals surface area contributed by atoms with Gasteiger partial charge >= 0.3 is 5.97 Å². The minimum Gasteiger partial charge on any atom is -0.452 e. The van der Waals surface area contributed by atoms with Gasteiger partial charge in [0.05, 0.1) is 10.5 Å². The quantitative estimate of drug-likeness (QED) is 0.768. The van der Waals surface area contributed by atoms with Crippen molar-refractivity contribution in [3.63, 3.8) is 0 Å². The molecule has 0 spiro atoms. The number of esters is 1. The van der Waals surface area contributed by atoms with Crippen LogP contribution in [-0.2, 0) is 25.8 Å². The summed E-state index contributed by atoms with van der Waals surface area (Å²) in [5.74, 6) is -1.17. The topological polar surface area (TPSA) is 80.8 Å². The Labute approximate surface area is 152 Å². The lowest BCUT2D eigenvalue weighted by Crippen LogP contribution is -2.38. The summed E-state index contributed by atoms with van der Waals surface area (Å²) in [6.45, 7) is 1.48. The van der Waals surface area contributed by atoms with Crippen molar-refractivity contribution in [1.29, 1.82) is 0 Å². The van der Waals surface area contributed by atoms with Crippen LogP contribution in [0.4, 0.5) is 5.69 Å². The highest BCUT2D eigenvalue weighted by molar-refractivity contribution is 7.90. The van der Waals surface area contributed by atoms with Crippen molar-refractivity contribution in [2.24, 2.45) is 0 Å². The molecule has 0 radical (unpaired) electrons. The Morgan fingerprint density at radius 3 is 2.50 bits per heavy atom. The largest absolute Gasteiger partial charge is 0.452 e. The molecule has 1 aliphatic rings. The zero-order valence-corrected chi connectivity index (χ0v) is 15.3. The Balaban J connectivity index is 1.74. The van der Waals surface area contributed by atoms with Crippen molar-refractivity contribution in [2.75, 3.05) is 17.8 Å². The van der Waals surface area contributed by atoms with Crippen molar-refractivity contribution < 1.29 is 22.7 Å². The number of carbonyl (C=O) groups is 2. The normalized spacial score (nSPS) is 16.2. The summed E-state index contributed by atoms with van der Waals surface area (Å²) in [6, 6.07) is 13.4. The zero-order valence-electron chi connectivity index (χ0n) is 14.5. The van der Waals surface area contributed by atoms with Gasteiger partial charge in [0.2, 0.25) is 0 Å². The van der Waals surface area contributed by atoms with E-state index in [1.54, 1.807) is 11.0 Å². The second-order valence-corrected chi connectivity index (χ2v) is 8.27. The number of ether oxygens (including phenoxy) is 1. The van der Waals surface area contributed by atoms with Crippen molar-refractivity contribution in [2.45, 2.75) is 24.3 Å². The molecule has 1 amide bonds. The van der Waals surface area contributed by atoms with Crippen LogP contribution in [-0.4, -0.2) is 39.2 Å². The van der Waals surface area contributed by atoms with Gasteiger partial charge in [-0.15, -0.1) is 0 Å². The smallest absolute Gasteiger partial charge is 0.339 e. The Bertz CT molecular complexity index is 967. The predicted octanol–water partition coefficient (Wildman–Crippen LogP) is 2.22. The van der Waals surface area contributed by atoms with Gasteiger partial charge in [-0.3, -0.25) is 4.79 Å². The van der Waals surface area contributed by atoms with Gasteiger partial charge in [-0.25, -0.2) is 13.2 Å². The average Bonchev–Trinajstić information content (AvgIpc) is 2.94. The highest BCUT2D eigenvalue weighted by Gasteiger charge is 2.31. The van der Waals surface area contributed by atoms with Gasteiger partial charge in [-0.05, 0) is 37.1 Å². The summed E-state index contributed by atoms with van der Waals surface area (Å²) in [5.41, 5.74) is 1.82. The molecule has 3 rings (SSSR count). The van der Waals surface area contributed by atoms with Gasteiger partial charge in [0.1, 0.15) is 0 Å². The number of nitrogens with zero attached hydrogens (tertiary/aromatic N) is 1. The summed E-state index contributed by atoms with van der Waals surface area (Å²) in [4.78, 5) is 26.4. The summed E-state index contributed by atoms with van der Waals surface area (Å²) >= 11 is 0. The van der Waals surface area contributed by atoms with Crippen molar-refractivity contribution >= 4 is 27.4 Å². The minimum atomic E-state index is -3.58. The molecule has 0 fully saturated rings. The fourth-order valence-electron chi connectivity index (χ4n) is 3.18. The molecule has 1 aliphatic heterocycles. The number of anilines is 1. The van der Waals surface area contributed by atoms with Crippen LogP contribution in [0.15, 0.2) is 53.4 Å². The first kappa shape index (κ1) is 18.1. The van der Waals surface area contributed by atoms with Gasteiger partial charge in [0.25, 0.3) is 5.91 Å². The third kappa shape index (κ3) is 3.48. The van der Waals surface area contributed by atoms with E-state index < -0.39 is 22.4 Å². The number of para-hydroxylation sites is 1. The van der Waals surface area contributed by atoms with Crippen molar-refractivity contribution in [1.82, 2.24) is 0 Å². The molecule has 2 aromatic carbocycles. The number of hydrogen-bond donors (Lipinski definition) is 0. The van der Waals surface area contributed by atoms with Crippen LogP contribution in [0, 0.1) is 0 Å². The SMILES string of the molecule is C[C@@H]1Cc2ccccc2N1C(=O)COC(=O)c1ccccc1S(C)(=O)=O. The minimum absolute atomic E-state index is 0.0260. The highest BCUT2D eigenvalue weighted by Crippen LogP contribution is 2.31. The lowest BCUT2D eigenvalue weighted by Gasteiger charge is -2.22. The maximum Gasteiger partial charge on any atom is 0.339 e. The second-order valence-electron chi connectivity index (χ2n) is 6.29. The molecule has 0 unspecified atom stereocenters. The first-order valence-corrected chi connectivity index (χ1v) is 10.0. The second kappa shape index (κ2) is 6.92. The molecule has 0 aliphatic carbocycles. The van der Waals surface area contributed by atoms with Crippen LogP contribution < -0.4 is 4.90 Å². The third-order valence-electron chi connectivity index (χ3n) is 4.31. The van der Waals surface area contributed by atoms with Crippen LogP contribution in [0.3, 0.4) is 0 Å². The van der Waals surface area contributed by atoms with Crippen molar-refractivity contribution in [3.8, 4) is 0 Å². The molecule has 0 aromatic heterocycles. The molecule has 0 saturated heterocycles. The Kier molecular flexibility index (Phi) is 4.82. The lowest BCUT2D eigenvalue weighted by molar-refractivity contribution is -0.122. The number of amides is 1. The Morgan fingerprint density at radius 2 is 1.77 bits per heavy atom. The molecule has 1 atom stereocenters. The van der Waals surface area contributed by atoms with E-state index in [2.05, 4.69) is 0 Å².